The highest BCUT2D eigenvalue weighted by Crippen LogP contribution is 2.25. The lowest BCUT2D eigenvalue weighted by Gasteiger charge is -2.23. The second-order valence-corrected chi connectivity index (χ2v) is 7.88. The molecule has 112 valence electrons. The Bertz CT molecular complexity index is 611. The maximum atomic E-state index is 12.3. The topological polar surface area (TPSA) is 83.5 Å². The quantitative estimate of drug-likeness (QED) is 0.813. The van der Waals surface area contributed by atoms with Crippen molar-refractivity contribution in [3.63, 3.8) is 0 Å². The number of carboxylic acids is 1. The molecule has 0 aliphatic rings. The first kappa shape index (κ1) is 17.1. The molecule has 0 aliphatic heterocycles. The van der Waals surface area contributed by atoms with Gasteiger partial charge < -0.3 is 5.11 Å². The molecule has 7 heteroatoms. The highest BCUT2D eigenvalue weighted by Gasteiger charge is 2.23. The van der Waals surface area contributed by atoms with Crippen LogP contribution in [0.3, 0.4) is 0 Å². The molecular formula is C13H18BrNO4S. The third kappa shape index (κ3) is 4.29. The van der Waals surface area contributed by atoms with Gasteiger partial charge in [-0.3, -0.25) is 0 Å². The summed E-state index contributed by atoms with van der Waals surface area (Å²) in [6, 6.07) is 3.91. The fraction of sp³-hybridized carbons (Fsp3) is 0.462. The Labute approximate surface area is 127 Å². The van der Waals surface area contributed by atoms with Crippen LogP contribution >= 0.6 is 15.9 Å². The summed E-state index contributed by atoms with van der Waals surface area (Å²) in [4.78, 5) is 10.9. The lowest BCUT2D eigenvalue weighted by atomic mass is 9.91. The van der Waals surface area contributed by atoms with Gasteiger partial charge in [-0.15, -0.1) is 0 Å². The number of sulfonamides is 1. The predicted molar refractivity (Wildman–Crippen MR) is 80.4 cm³/mol. The number of carbonyl (C=O) groups is 1. The van der Waals surface area contributed by atoms with E-state index in [1.807, 2.05) is 20.8 Å². The SMILES string of the molecule is CCC(C)(C)CNS(=O)(=O)c1cc(C(=O)O)ccc1Br. The molecule has 0 fully saturated rings. The molecule has 0 aromatic heterocycles. The third-order valence-corrected chi connectivity index (χ3v) is 5.56. The summed E-state index contributed by atoms with van der Waals surface area (Å²) in [6.07, 6.45) is 0.825. The van der Waals surface area contributed by atoms with Crippen LogP contribution in [0.4, 0.5) is 0 Å². The molecule has 0 aliphatic carbocycles. The zero-order valence-electron chi connectivity index (χ0n) is 11.6. The first-order valence-corrected chi connectivity index (χ1v) is 8.39. The average Bonchev–Trinajstić information content (AvgIpc) is 2.37. The van der Waals surface area contributed by atoms with Gasteiger partial charge in [0.15, 0.2) is 0 Å². The largest absolute Gasteiger partial charge is 0.478 e. The Kier molecular flexibility index (Phi) is 5.34. The highest BCUT2D eigenvalue weighted by molar-refractivity contribution is 9.10. The Balaban J connectivity index is 3.09. The number of aromatic carboxylic acids is 1. The van der Waals surface area contributed by atoms with Gasteiger partial charge in [0, 0.05) is 11.0 Å². The highest BCUT2D eigenvalue weighted by atomic mass is 79.9. The van der Waals surface area contributed by atoms with E-state index >= 15 is 0 Å². The van der Waals surface area contributed by atoms with E-state index in [4.69, 9.17) is 5.11 Å². The third-order valence-electron chi connectivity index (χ3n) is 3.17. The first-order chi connectivity index (χ1) is 9.09. The average molecular weight is 364 g/mol. The maximum absolute atomic E-state index is 12.3. The Morgan fingerprint density at radius 2 is 2.00 bits per heavy atom. The zero-order valence-corrected chi connectivity index (χ0v) is 14.0. The lowest BCUT2D eigenvalue weighted by molar-refractivity contribution is 0.0696. The molecule has 1 rings (SSSR count). The van der Waals surface area contributed by atoms with Gasteiger partial charge in [0.1, 0.15) is 0 Å². The molecule has 1 aromatic rings. The summed E-state index contributed by atoms with van der Waals surface area (Å²) in [5.41, 5.74) is -0.229. The number of carboxylic acid groups (broad SMARTS) is 1. The molecule has 0 radical (unpaired) electrons. The molecule has 0 spiro atoms. The van der Waals surface area contributed by atoms with E-state index in [-0.39, 0.29) is 22.4 Å². The van der Waals surface area contributed by atoms with Crippen LogP contribution in [0, 0.1) is 5.41 Å². The van der Waals surface area contributed by atoms with Gasteiger partial charge in [0.2, 0.25) is 10.0 Å². The maximum Gasteiger partial charge on any atom is 0.335 e. The summed E-state index contributed by atoms with van der Waals surface area (Å²) in [5.74, 6) is -1.16. The second kappa shape index (κ2) is 6.24. The fourth-order valence-electron chi connectivity index (χ4n) is 1.34. The van der Waals surface area contributed by atoms with Crippen molar-refractivity contribution in [3.05, 3.63) is 28.2 Å². The molecule has 2 N–H and O–H groups in total. The van der Waals surface area contributed by atoms with Crippen molar-refractivity contribution >= 4 is 31.9 Å². The predicted octanol–water partition coefficient (Wildman–Crippen LogP) is 2.86. The fourth-order valence-corrected chi connectivity index (χ4v) is 3.56. The number of benzene rings is 1. The van der Waals surface area contributed by atoms with Crippen LogP contribution in [0.2, 0.25) is 0 Å². The van der Waals surface area contributed by atoms with Crippen molar-refractivity contribution in [2.45, 2.75) is 32.1 Å². The van der Waals surface area contributed by atoms with Gasteiger partial charge in [0.25, 0.3) is 0 Å². The number of nitrogens with one attached hydrogen (secondary N) is 1. The number of rotatable bonds is 6. The van der Waals surface area contributed by atoms with Crippen molar-refractivity contribution in [2.75, 3.05) is 6.54 Å². The molecular weight excluding hydrogens is 346 g/mol. The summed E-state index contributed by atoms with van der Waals surface area (Å²) in [5, 5.41) is 8.93. The molecule has 0 atom stereocenters. The van der Waals surface area contributed by atoms with Gasteiger partial charge in [-0.1, -0.05) is 20.8 Å². The van der Waals surface area contributed by atoms with Crippen molar-refractivity contribution in [1.29, 1.82) is 0 Å². The molecule has 0 bridgehead atoms. The minimum atomic E-state index is -3.75. The van der Waals surface area contributed by atoms with Crippen LogP contribution in [0.15, 0.2) is 27.6 Å². The Hall–Kier alpha value is -0.920. The van der Waals surface area contributed by atoms with Gasteiger partial charge in [0.05, 0.1) is 10.5 Å². The van der Waals surface area contributed by atoms with Gasteiger partial charge >= 0.3 is 5.97 Å². The summed E-state index contributed by atoms with van der Waals surface area (Å²) in [7, 11) is -3.75. The molecule has 0 heterocycles. The molecule has 0 amide bonds. The van der Waals surface area contributed by atoms with E-state index in [9.17, 15) is 13.2 Å². The standard InChI is InChI=1S/C13H18BrNO4S/c1-4-13(2,3)8-15-20(18,19)11-7-9(12(16)17)5-6-10(11)14/h5-7,15H,4,8H2,1-3H3,(H,16,17). The van der Waals surface area contributed by atoms with Crippen molar-refractivity contribution in [3.8, 4) is 0 Å². The zero-order chi connectivity index (χ0) is 15.6. The van der Waals surface area contributed by atoms with E-state index in [0.29, 0.717) is 4.47 Å². The van der Waals surface area contributed by atoms with Crippen molar-refractivity contribution in [2.24, 2.45) is 5.41 Å². The van der Waals surface area contributed by atoms with Gasteiger partial charge in [-0.2, -0.15) is 0 Å². The van der Waals surface area contributed by atoms with Gasteiger partial charge in [-0.05, 0) is 46.0 Å². The Morgan fingerprint density at radius 1 is 1.40 bits per heavy atom. The summed E-state index contributed by atoms with van der Waals surface area (Å²) >= 11 is 3.14. The number of hydrogen-bond acceptors (Lipinski definition) is 3. The lowest BCUT2D eigenvalue weighted by Crippen LogP contribution is -2.33. The first-order valence-electron chi connectivity index (χ1n) is 6.11. The summed E-state index contributed by atoms with van der Waals surface area (Å²) in [6.45, 7) is 6.18. The monoisotopic (exact) mass is 363 g/mol. The van der Waals surface area contributed by atoms with Crippen LogP contribution in [-0.2, 0) is 10.0 Å². The van der Waals surface area contributed by atoms with Crippen LogP contribution in [0.5, 0.6) is 0 Å². The Morgan fingerprint density at radius 3 is 2.50 bits per heavy atom. The second-order valence-electron chi connectivity index (χ2n) is 5.29. The van der Waals surface area contributed by atoms with Crippen LogP contribution in [0.25, 0.3) is 0 Å². The molecule has 0 unspecified atom stereocenters. The minimum Gasteiger partial charge on any atom is -0.478 e. The molecule has 1 aromatic carbocycles. The number of hydrogen-bond donors (Lipinski definition) is 2. The molecule has 5 nitrogen and oxygen atoms in total. The van der Waals surface area contributed by atoms with E-state index in [1.54, 1.807) is 0 Å². The van der Waals surface area contributed by atoms with Crippen molar-refractivity contribution < 1.29 is 18.3 Å². The smallest absolute Gasteiger partial charge is 0.335 e. The summed E-state index contributed by atoms with van der Waals surface area (Å²) < 4.78 is 27.4. The normalized spacial score (nSPS) is 12.4. The molecule has 0 saturated carbocycles. The van der Waals surface area contributed by atoms with Crippen LogP contribution in [-0.4, -0.2) is 26.0 Å². The minimum absolute atomic E-state index is 0.0655. The van der Waals surface area contributed by atoms with Crippen LogP contribution in [0.1, 0.15) is 37.6 Å². The molecule has 20 heavy (non-hydrogen) atoms. The molecule has 0 saturated heterocycles. The van der Waals surface area contributed by atoms with E-state index in [0.717, 1.165) is 12.5 Å². The van der Waals surface area contributed by atoms with E-state index < -0.39 is 16.0 Å². The van der Waals surface area contributed by atoms with Crippen molar-refractivity contribution in [1.82, 2.24) is 4.72 Å². The number of halogens is 1. The van der Waals surface area contributed by atoms with E-state index in [2.05, 4.69) is 20.7 Å². The van der Waals surface area contributed by atoms with Crippen LogP contribution < -0.4 is 4.72 Å². The van der Waals surface area contributed by atoms with E-state index in [1.165, 1.54) is 12.1 Å². The van der Waals surface area contributed by atoms with Gasteiger partial charge in [-0.25, -0.2) is 17.9 Å².